The molecule has 0 fully saturated rings. The summed E-state index contributed by atoms with van der Waals surface area (Å²) in [7, 11) is 1.60. The van der Waals surface area contributed by atoms with Crippen LogP contribution in [0.5, 0.6) is 0 Å². The number of hydrogen-bond donors (Lipinski definition) is 2. The summed E-state index contributed by atoms with van der Waals surface area (Å²) in [6.45, 7) is 0.529. The van der Waals surface area contributed by atoms with Crippen LogP contribution in [0.4, 0.5) is 4.39 Å². The van der Waals surface area contributed by atoms with Crippen molar-refractivity contribution in [3.63, 3.8) is 0 Å². The second-order valence-electron chi connectivity index (χ2n) is 3.17. The van der Waals surface area contributed by atoms with E-state index in [9.17, 15) is 4.39 Å². The van der Waals surface area contributed by atoms with Gasteiger partial charge in [0.25, 0.3) is 0 Å². The van der Waals surface area contributed by atoms with Gasteiger partial charge in [-0.25, -0.2) is 4.39 Å². The van der Waals surface area contributed by atoms with E-state index in [1.54, 1.807) is 19.2 Å². The first-order chi connectivity index (χ1) is 7.19. The van der Waals surface area contributed by atoms with E-state index in [0.717, 1.165) is 4.47 Å². The van der Waals surface area contributed by atoms with Gasteiger partial charge in [-0.15, -0.1) is 0 Å². The molecule has 1 rings (SSSR count). The Morgan fingerprint density at radius 1 is 1.60 bits per heavy atom. The largest absolute Gasteiger partial charge is 0.385 e. The number of ether oxygens (including phenoxy) is 1. The fourth-order valence-electron chi connectivity index (χ4n) is 1.35. The summed E-state index contributed by atoms with van der Waals surface area (Å²) >= 11 is 3.30. The molecule has 3 N–H and O–H groups in total. The molecule has 0 saturated carbocycles. The van der Waals surface area contributed by atoms with Gasteiger partial charge in [-0.2, -0.15) is 0 Å². The second-order valence-corrected chi connectivity index (χ2v) is 4.08. The van der Waals surface area contributed by atoms with Crippen molar-refractivity contribution in [3.05, 3.63) is 34.1 Å². The maximum Gasteiger partial charge on any atom is 0.128 e. The molecule has 1 unspecified atom stereocenters. The average molecular weight is 277 g/mol. The molecule has 1 atom stereocenters. The smallest absolute Gasteiger partial charge is 0.128 e. The van der Waals surface area contributed by atoms with Crippen molar-refractivity contribution in [1.29, 1.82) is 0 Å². The Hall–Kier alpha value is -0.490. The molecule has 15 heavy (non-hydrogen) atoms. The molecular formula is C10H14BrFN2O. The van der Waals surface area contributed by atoms with Crippen LogP contribution in [0, 0.1) is 5.82 Å². The Bertz CT molecular complexity index is 322. The number of hydrazine groups is 1. The molecule has 0 heterocycles. The van der Waals surface area contributed by atoms with E-state index >= 15 is 0 Å². The Morgan fingerprint density at radius 2 is 2.33 bits per heavy atom. The van der Waals surface area contributed by atoms with Crippen LogP contribution in [0.2, 0.25) is 0 Å². The minimum absolute atomic E-state index is 0.234. The van der Waals surface area contributed by atoms with Gasteiger partial charge in [0.1, 0.15) is 5.82 Å². The number of nitrogens with one attached hydrogen (secondary N) is 1. The monoisotopic (exact) mass is 276 g/mol. The average Bonchev–Trinajstić information content (AvgIpc) is 2.24. The first-order valence-electron chi connectivity index (χ1n) is 4.59. The maximum atomic E-state index is 13.5. The van der Waals surface area contributed by atoms with E-state index in [2.05, 4.69) is 21.4 Å². The summed E-state index contributed by atoms with van der Waals surface area (Å²) in [6, 6.07) is 4.55. The Labute approximate surface area is 96.9 Å². The van der Waals surface area contributed by atoms with E-state index < -0.39 is 0 Å². The zero-order valence-electron chi connectivity index (χ0n) is 8.47. The quantitative estimate of drug-likeness (QED) is 0.640. The highest BCUT2D eigenvalue weighted by atomic mass is 79.9. The van der Waals surface area contributed by atoms with Crippen molar-refractivity contribution in [3.8, 4) is 0 Å². The number of rotatable bonds is 5. The predicted molar refractivity (Wildman–Crippen MR) is 60.7 cm³/mol. The zero-order valence-corrected chi connectivity index (χ0v) is 10.1. The van der Waals surface area contributed by atoms with Gasteiger partial charge in [-0.05, 0) is 24.6 Å². The Kier molecular flexibility index (Phi) is 5.17. The van der Waals surface area contributed by atoms with Gasteiger partial charge in [-0.3, -0.25) is 11.3 Å². The van der Waals surface area contributed by atoms with Crippen molar-refractivity contribution < 1.29 is 9.13 Å². The van der Waals surface area contributed by atoms with Crippen LogP contribution in [-0.4, -0.2) is 13.7 Å². The van der Waals surface area contributed by atoms with Gasteiger partial charge in [0.2, 0.25) is 0 Å². The SMILES string of the molecule is COCCC(NN)c1cc(Br)ccc1F. The van der Waals surface area contributed by atoms with Crippen LogP contribution in [0.25, 0.3) is 0 Å². The molecule has 84 valence electrons. The molecule has 0 radical (unpaired) electrons. The fourth-order valence-corrected chi connectivity index (χ4v) is 1.72. The van der Waals surface area contributed by atoms with Crippen LogP contribution in [0.1, 0.15) is 18.0 Å². The summed E-state index contributed by atoms with van der Waals surface area (Å²) in [5.74, 6) is 5.11. The van der Waals surface area contributed by atoms with E-state index in [-0.39, 0.29) is 11.9 Å². The van der Waals surface area contributed by atoms with Crippen LogP contribution < -0.4 is 11.3 Å². The molecule has 3 nitrogen and oxygen atoms in total. The summed E-state index contributed by atoms with van der Waals surface area (Å²) in [4.78, 5) is 0. The van der Waals surface area contributed by atoms with Crippen LogP contribution in [0.15, 0.2) is 22.7 Å². The standard InChI is InChI=1S/C10H14BrFN2O/c1-15-5-4-10(14-13)8-6-7(11)2-3-9(8)12/h2-3,6,10,14H,4-5,13H2,1H3. The molecule has 0 bridgehead atoms. The van der Waals surface area contributed by atoms with Crippen molar-refractivity contribution in [2.75, 3.05) is 13.7 Å². The third-order valence-electron chi connectivity index (χ3n) is 2.15. The first kappa shape index (κ1) is 12.6. The first-order valence-corrected chi connectivity index (χ1v) is 5.38. The third kappa shape index (κ3) is 3.53. The van der Waals surface area contributed by atoms with Crippen molar-refractivity contribution in [2.45, 2.75) is 12.5 Å². The maximum absolute atomic E-state index is 13.5. The Balaban J connectivity index is 2.85. The van der Waals surface area contributed by atoms with Crippen LogP contribution >= 0.6 is 15.9 Å². The van der Waals surface area contributed by atoms with Crippen molar-refractivity contribution in [1.82, 2.24) is 5.43 Å². The number of nitrogens with two attached hydrogens (primary N) is 1. The zero-order chi connectivity index (χ0) is 11.3. The molecule has 0 spiro atoms. The number of hydrogen-bond acceptors (Lipinski definition) is 3. The topological polar surface area (TPSA) is 47.3 Å². The molecule has 5 heteroatoms. The summed E-state index contributed by atoms with van der Waals surface area (Å²) in [5, 5.41) is 0. The number of benzene rings is 1. The molecule has 0 amide bonds. The van der Waals surface area contributed by atoms with E-state index in [1.165, 1.54) is 6.07 Å². The lowest BCUT2D eigenvalue weighted by atomic mass is 10.0. The lowest BCUT2D eigenvalue weighted by Gasteiger charge is -2.16. The highest BCUT2D eigenvalue weighted by Gasteiger charge is 2.14. The summed E-state index contributed by atoms with van der Waals surface area (Å²) < 4.78 is 19.2. The van der Waals surface area contributed by atoms with Crippen LogP contribution in [0.3, 0.4) is 0 Å². The minimum Gasteiger partial charge on any atom is -0.385 e. The highest BCUT2D eigenvalue weighted by Crippen LogP contribution is 2.23. The molecule has 0 aromatic heterocycles. The van der Waals surface area contributed by atoms with Crippen molar-refractivity contribution >= 4 is 15.9 Å². The van der Waals surface area contributed by atoms with Crippen LogP contribution in [-0.2, 0) is 4.74 Å². The van der Waals surface area contributed by atoms with Gasteiger partial charge in [0.05, 0.1) is 6.04 Å². The van der Waals surface area contributed by atoms with Gasteiger partial charge < -0.3 is 4.74 Å². The third-order valence-corrected chi connectivity index (χ3v) is 2.64. The molecule has 0 aliphatic heterocycles. The predicted octanol–water partition coefficient (Wildman–Crippen LogP) is 2.13. The lowest BCUT2D eigenvalue weighted by Crippen LogP contribution is -2.29. The molecule has 1 aromatic carbocycles. The second kappa shape index (κ2) is 6.17. The molecule has 0 saturated heterocycles. The lowest BCUT2D eigenvalue weighted by molar-refractivity contribution is 0.182. The fraction of sp³-hybridized carbons (Fsp3) is 0.400. The molecule has 1 aromatic rings. The number of halogens is 2. The highest BCUT2D eigenvalue weighted by molar-refractivity contribution is 9.10. The normalized spacial score (nSPS) is 12.8. The van der Waals surface area contributed by atoms with Gasteiger partial charge in [-0.1, -0.05) is 15.9 Å². The van der Waals surface area contributed by atoms with Gasteiger partial charge >= 0.3 is 0 Å². The number of methoxy groups -OCH3 is 1. The van der Waals surface area contributed by atoms with E-state index in [4.69, 9.17) is 10.6 Å². The van der Waals surface area contributed by atoms with Crippen molar-refractivity contribution in [2.24, 2.45) is 5.84 Å². The van der Waals surface area contributed by atoms with E-state index in [1.807, 2.05) is 0 Å². The molecule has 0 aliphatic carbocycles. The Morgan fingerprint density at radius 3 is 2.93 bits per heavy atom. The molecule has 0 aliphatic rings. The summed E-state index contributed by atoms with van der Waals surface area (Å²) in [5.41, 5.74) is 3.13. The summed E-state index contributed by atoms with van der Waals surface area (Å²) in [6.07, 6.45) is 0.625. The van der Waals surface area contributed by atoms with Gasteiger partial charge in [0.15, 0.2) is 0 Å². The molecular weight excluding hydrogens is 263 g/mol. The van der Waals surface area contributed by atoms with Gasteiger partial charge in [0, 0.05) is 23.8 Å². The van der Waals surface area contributed by atoms with E-state index in [0.29, 0.717) is 18.6 Å². The minimum atomic E-state index is -0.266.